The van der Waals surface area contributed by atoms with Gasteiger partial charge in [0, 0.05) is 0 Å². The molecule has 2 aromatic rings. The molecule has 0 bridgehead atoms. The molecule has 1 heterocycles. The van der Waals surface area contributed by atoms with Crippen LogP contribution in [0.1, 0.15) is 11.1 Å². The molecule has 3 rings (SSSR count). The van der Waals surface area contributed by atoms with Gasteiger partial charge in [0.1, 0.15) is 12.3 Å². The molecule has 1 aliphatic rings. The Hall–Kier alpha value is -3.06. The zero-order valence-electron chi connectivity index (χ0n) is 15.3. The number of hydrogen-bond donors (Lipinski definition) is 1. The summed E-state index contributed by atoms with van der Waals surface area (Å²) in [5.74, 6) is 0.661. The number of benzene rings is 2. The summed E-state index contributed by atoms with van der Waals surface area (Å²) in [6.45, 7) is 4.17. The van der Waals surface area contributed by atoms with E-state index < -0.39 is 6.03 Å². The summed E-state index contributed by atoms with van der Waals surface area (Å²) in [5.41, 5.74) is 1.76. The minimum atomic E-state index is -0.447. The quantitative estimate of drug-likeness (QED) is 0.397. The highest BCUT2D eigenvalue weighted by molar-refractivity contribution is 9.10. The first-order valence-electron chi connectivity index (χ1n) is 8.53. The first-order chi connectivity index (χ1) is 13.5. The van der Waals surface area contributed by atoms with Gasteiger partial charge >= 0.3 is 6.03 Å². The van der Waals surface area contributed by atoms with E-state index in [1.807, 2.05) is 30.3 Å². The number of imide groups is 1. The van der Waals surface area contributed by atoms with E-state index >= 15 is 0 Å². The van der Waals surface area contributed by atoms with E-state index in [1.165, 1.54) is 12.0 Å². The Morgan fingerprint density at radius 3 is 2.64 bits per heavy atom. The summed E-state index contributed by atoms with van der Waals surface area (Å²) in [6.07, 6.45) is 3.24. The van der Waals surface area contributed by atoms with Gasteiger partial charge in [0.2, 0.25) is 0 Å². The van der Waals surface area contributed by atoms with Crippen molar-refractivity contribution in [2.24, 2.45) is 0 Å². The summed E-state index contributed by atoms with van der Waals surface area (Å²) in [5, 5.41) is 2.63. The van der Waals surface area contributed by atoms with Crippen LogP contribution in [0.15, 0.2) is 65.3 Å². The lowest BCUT2D eigenvalue weighted by atomic mass is 10.1. The van der Waals surface area contributed by atoms with E-state index in [-0.39, 0.29) is 18.1 Å². The number of rotatable bonds is 7. The smallest absolute Gasteiger partial charge is 0.329 e. The Morgan fingerprint density at radius 2 is 1.96 bits per heavy atom. The third-order valence-electron chi connectivity index (χ3n) is 4.05. The van der Waals surface area contributed by atoms with Gasteiger partial charge in [-0.25, -0.2) is 4.79 Å². The van der Waals surface area contributed by atoms with Gasteiger partial charge in [-0.15, -0.1) is 0 Å². The van der Waals surface area contributed by atoms with Gasteiger partial charge < -0.3 is 14.8 Å². The largest absolute Gasteiger partial charge is 0.493 e. The van der Waals surface area contributed by atoms with Gasteiger partial charge in [-0.2, -0.15) is 0 Å². The molecule has 0 spiro atoms. The molecule has 0 aliphatic carbocycles. The number of methoxy groups -OCH3 is 1. The van der Waals surface area contributed by atoms with Crippen molar-refractivity contribution in [2.75, 3.05) is 13.7 Å². The molecule has 7 heteroatoms. The SMILES string of the molecule is C=CCOc1c(Br)cc(/C=C2/NC(=O)N(Cc3ccccc3)C2=O)cc1OC. The van der Waals surface area contributed by atoms with E-state index in [4.69, 9.17) is 9.47 Å². The zero-order valence-corrected chi connectivity index (χ0v) is 16.9. The van der Waals surface area contributed by atoms with Crippen LogP contribution in [0.5, 0.6) is 11.5 Å². The molecule has 1 N–H and O–H groups in total. The Kier molecular flexibility index (Phi) is 6.16. The molecule has 1 fully saturated rings. The number of carbonyl (C=O) groups excluding carboxylic acids is 2. The van der Waals surface area contributed by atoms with Crippen molar-refractivity contribution in [3.05, 3.63) is 76.4 Å². The number of amides is 3. The molecule has 1 saturated heterocycles. The summed E-state index contributed by atoms with van der Waals surface area (Å²) in [4.78, 5) is 26.1. The topological polar surface area (TPSA) is 67.9 Å². The van der Waals surface area contributed by atoms with Gasteiger partial charge in [0.15, 0.2) is 11.5 Å². The van der Waals surface area contributed by atoms with E-state index in [9.17, 15) is 9.59 Å². The van der Waals surface area contributed by atoms with Gasteiger partial charge in [-0.1, -0.05) is 43.0 Å². The first kappa shape index (κ1) is 19.7. The molecule has 0 radical (unpaired) electrons. The van der Waals surface area contributed by atoms with Crippen LogP contribution in [-0.2, 0) is 11.3 Å². The zero-order chi connectivity index (χ0) is 20.1. The maximum atomic E-state index is 12.7. The van der Waals surface area contributed by atoms with Crippen molar-refractivity contribution in [3.63, 3.8) is 0 Å². The highest BCUT2D eigenvalue weighted by atomic mass is 79.9. The second kappa shape index (κ2) is 8.75. The number of urea groups is 1. The third kappa shape index (κ3) is 4.26. The molecule has 0 unspecified atom stereocenters. The van der Waals surface area contributed by atoms with Gasteiger partial charge in [0.05, 0.1) is 18.1 Å². The van der Waals surface area contributed by atoms with Crippen LogP contribution in [0.3, 0.4) is 0 Å². The van der Waals surface area contributed by atoms with Crippen molar-refractivity contribution < 1.29 is 19.1 Å². The molecular weight excluding hydrogens is 424 g/mol. The molecule has 0 aromatic heterocycles. The number of ether oxygens (including phenoxy) is 2. The lowest BCUT2D eigenvalue weighted by Crippen LogP contribution is -2.30. The van der Waals surface area contributed by atoms with Gasteiger partial charge in [0.25, 0.3) is 5.91 Å². The van der Waals surface area contributed by atoms with E-state index in [0.717, 1.165) is 5.56 Å². The summed E-state index contributed by atoms with van der Waals surface area (Å²) in [7, 11) is 1.53. The Labute approximate surface area is 171 Å². The molecule has 1 aliphatic heterocycles. The van der Waals surface area contributed by atoms with Gasteiger partial charge in [-0.3, -0.25) is 9.69 Å². The second-order valence-electron chi connectivity index (χ2n) is 6.00. The van der Waals surface area contributed by atoms with Crippen LogP contribution in [0.25, 0.3) is 6.08 Å². The molecule has 3 amide bonds. The second-order valence-corrected chi connectivity index (χ2v) is 6.85. The number of hydrogen-bond acceptors (Lipinski definition) is 4. The fraction of sp³-hybridized carbons (Fsp3) is 0.143. The predicted molar refractivity (Wildman–Crippen MR) is 110 cm³/mol. The van der Waals surface area contributed by atoms with Crippen molar-refractivity contribution in [3.8, 4) is 11.5 Å². The third-order valence-corrected chi connectivity index (χ3v) is 4.64. The van der Waals surface area contributed by atoms with Crippen LogP contribution in [0.2, 0.25) is 0 Å². The van der Waals surface area contributed by atoms with Crippen molar-refractivity contribution in [1.82, 2.24) is 10.2 Å². The molecule has 0 atom stereocenters. The highest BCUT2D eigenvalue weighted by Crippen LogP contribution is 2.37. The van der Waals surface area contributed by atoms with E-state index in [2.05, 4.69) is 27.8 Å². The number of nitrogens with zero attached hydrogens (tertiary/aromatic N) is 1. The predicted octanol–water partition coefficient (Wildman–Crippen LogP) is 4.12. The number of carbonyl (C=O) groups is 2. The van der Waals surface area contributed by atoms with Crippen molar-refractivity contribution in [2.45, 2.75) is 6.54 Å². The van der Waals surface area contributed by atoms with Crippen molar-refractivity contribution >= 4 is 33.9 Å². The molecule has 144 valence electrons. The van der Waals surface area contributed by atoms with Crippen LogP contribution in [-0.4, -0.2) is 30.6 Å². The lowest BCUT2D eigenvalue weighted by Gasteiger charge is -2.12. The van der Waals surface area contributed by atoms with Crippen LogP contribution < -0.4 is 14.8 Å². The Bertz CT molecular complexity index is 941. The van der Waals surface area contributed by atoms with Gasteiger partial charge in [-0.05, 0) is 45.3 Å². The molecule has 0 saturated carbocycles. The summed E-state index contributed by atoms with van der Waals surface area (Å²) in [6, 6.07) is 12.4. The van der Waals surface area contributed by atoms with E-state index in [1.54, 1.807) is 24.3 Å². The molecular formula is C21H19BrN2O4. The number of halogens is 1. The number of nitrogens with one attached hydrogen (secondary N) is 1. The average Bonchev–Trinajstić information content (AvgIpc) is 2.95. The first-order valence-corrected chi connectivity index (χ1v) is 9.32. The van der Waals surface area contributed by atoms with Crippen LogP contribution in [0.4, 0.5) is 4.79 Å². The molecule has 2 aromatic carbocycles. The fourth-order valence-electron chi connectivity index (χ4n) is 2.75. The highest BCUT2D eigenvalue weighted by Gasteiger charge is 2.33. The fourth-order valence-corrected chi connectivity index (χ4v) is 3.33. The monoisotopic (exact) mass is 442 g/mol. The standard InChI is InChI=1S/C21H19BrN2O4/c1-3-9-28-19-16(22)10-15(12-18(19)27-2)11-17-20(25)24(21(26)23-17)13-14-7-5-4-6-8-14/h3-8,10-12H,1,9,13H2,2H3,(H,23,26)/b17-11+. The summed E-state index contributed by atoms with van der Waals surface area (Å²) < 4.78 is 11.6. The van der Waals surface area contributed by atoms with Crippen molar-refractivity contribution in [1.29, 1.82) is 0 Å². The van der Waals surface area contributed by atoms with E-state index in [0.29, 0.717) is 28.1 Å². The maximum absolute atomic E-state index is 12.7. The minimum Gasteiger partial charge on any atom is -0.493 e. The Balaban J connectivity index is 1.85. The van der Waals surface area contributed by atoms with Crippen LogP contribution >= 0.6 is 15.9 Å². The Morgan fingerprint density at radius 1 is 1.21 bits per heavy atom. The normalized spacial score (nSPS) is 14.9. The van der Waals surface area contributed by atoms with Crippen LogP contribution in [0, 0.1) is 0 Å². The maximum Gasteiger partial charge on any atom is 0.329 e. The minimum absolute atomic E-state index is 0.203. The molecule has 28 heavy (non-hydrogen) atoms. The lowest BCUT2D eigenvalue weighted by molar-refractivity contribution is -0.123. The average molecular weight is 443 g/mol. The summed E-state index contributed by atoms with van der Waals surface area (Å²) >= 11 is 3.45. The molecule has 6 nitrogen and oxygen atoms in total.